The molecule has 0 saturated heterocycles. The third kappa shape index (κ3) is 32.7. The summed E-state index contributed by atoms with van der Waals surface area (Å²) >= 11 is 0. The van der Waals surface area contributed by atoms with Crippen LogP contribution in [-0.4, -0.2) is 42.1 Å². The quantitative estimate of drug-likeness (QED) is 0.0261. The summed E-state index contributed by atoms with van der Waals surface area (Å²) in [4.78, 5) is 36.2. The Labute approximate surface area is 275 Å². The first-order valence-corrected chi connectivity index (χ1v) is 18.1. The van der Waals surface area contributed by atoms with Crippen LogP contribution in [0, 0.1) is 0 Å². The van der Waals surface area contributed by atoms with Crippen LogP contribution in [0.15, 0.2) is 48.6 Å². The van der Waals surface area contributed by atoms with E-state index in [1.807, 2.05) is 12.2 Å². The Morgan fingerprint density at radius 2 is 1.11 bits per heavy atom. The molecule has 0 spiro atoms. The second-order valence-corrected chi connectivity index (χ2v) is 12.0. The fourth-order valence-corrected chi connectivity index (χ4v) is 4.80. The Kier molecular flexibility index (Phi) is 32.5. The third-order valence-electron chi connectivity index (χ3n) is 7.60. The minimum Gasteiger partial charge on any atom is -0.462 e. The lowest BCUT2D eigenvalue weighted by Crippen LogP contribution is -2.28. The van der Waals surface area contributed by atoms with Gasteiger partial charge in [-0.15, -0.1) is 0 Å². The van der Waals surface area contributed by atoms with Gasteiger partial charge in [0.1, 0.15) is 6.61 Å². The Balaban J connectivity index is 3.80. The molecule has 0 unspecified atom stereocenters. The lowest BCUT2D eigenvalue weighted by atomic mass is 10.0. The molecule has 258 valence electrons. The summed E-state index contributed by atoms with van der Waals surface area (Å²) in [5, 5.41) is 9.50. The molecule has 0 aromatic heterocycles. The first-order chi connectivity index (χ1) is 22.0. The highest BCUT2D eigenvalue weighted by atomic mass is 16.6. The van der Waals surface area contributed by atoms with E-state index in [0.29, 0.717) is 12.8 Å². The zero-order valence-electron chi connectivity index (χ0n) is 28.9. The van der Waals surface area contributed by atoms with Crippen LogP contribution in [-0.2, 0) is 23.9 Å². The largest absolute Gasteiger partial charge is 0.462 e. The molecule has 0 amide bonds. The van der Waals surface area contributed by atoms with Crippen molar-refractivity contribution in [2.75, 3.05) is 13.2 Å². The first-order valence-electron chi connectivity index (χ1n) is 18.1. The van der Waals surface area contributed by atoms with Crippen molar-refractivity contribution in [1.29, 1.82) is 0 Å². The molecule has 45 heavy (non-hydrogen) atoms. The van der Waals surface area contributed by atoms with Gasteiger partial charge in [0.25, 0.3) is 0 Å². The third-order valence-corrected chi connectivity index (χ3v) is 7.60. The van der Waals surface area contributed by atoms with Crippen molar-refractivity contribution < 1.29 is 29.0 Å². The molecular formula is C39H66O6. The van der Waals surface area contributed by atoms with Gasteiger partial charge in [-0.25, -0.2) is 0 Å². The molecule has 0 radical (unpaired) electrons. The number of ketones is 1. The van der Waals surface area contributed by atoms with Crippen LogP contribution in [0.4, 0.5) is 0 Å². The van der Waals surface area contributed by atoms with Gasteiger partial charge >= 0.3 is 11.9 Å². The fourth-order valence-electron chi connectivity index (χ4n) is 4.80. The normalized spacial score (nSPS) is 12.6. The molecule has 0 fully saturated rings. The Bertz CT molecular complexity index is 825. The number of allylic oxidation sites excluding steroid dienone is 8. The topological polar surface area (TPSA) is 89.9 Å². The highest BCUT2D eigenvalue weighted by molar-refractivity contribution is 5.90. The number of hydrogen-bond donors (Lipinski definition) is 1. The van der Waals surface area contributed by atoms with E-state index in [1.54, 1.807) is 6.08 Å². The van der Waals surface area contributed by atoms with E-state index >= 15 is 0 Å². The number of carbonyl (C=O) groups excluding carboxylic acids is 3. The average Bonchev–Trinajstić information content (AvgIpc) is 3.03. The maximum atomic E-state index is 12.1. The van der Waals surface area contributed by atoms with Crippen LogP contribution < -0.4 is 0 Å². The zero-order chi connectivity index (χ0) is 33.1. The lowest BCUT2D eigenvalue weighted by molar-refractivity contribution is -0.161. The van der Waals surface area contributed by atoms with Gasteiger partial charge in [0.05, 0.1) is 6.61 Å². The van der Waals surface area contributed by atoms with Crippen molar-refractivity contribution >= 4 is 17.7 Å². The number of hydrogen-bond acceptors (Lipinski definition) is 6. The van der Waals surface area contributed by atoms with E-state index in [-0.39, 0.29) is 31.2 Å². The molecule has 1 atom stereocenters. The Hall–Kier alpha value is -2.47. The Morgan fingerprint density at radius 3 is 1.73 bits per heavy atom. The summed E-state index contributed by atoms with van der Waals surface area (Å²) < 4.78 is 10.4. The molecule has 0 bridgehead atoms. The van der Waals surface area contributed by atoms with E-state index in [1.165, 1.54) is 89.5 Å². The minimum atomic E-state index is -0.885. The van der Waals surface area contributed by atoms with Crippen LogP contribution >= 0.6 is 0 Å². The van der Waals surface area contributed by atoms with Crippen molar-refractivity contribution in [2.45, 2.75) is 168 Å². The van der Waals surface area contributed by atoms with Gasteiger partial charge in [-0.2, -0.15) is 0 Å². The minimum absolute atomic E-state index is 0.0583. The molecule has 1 N–H and O–H groups in total. The maximum Gasteiger partial charge on any atom is 0.306 e. The molecular weight excluding hydrogens is 564 g/mol. The van der Waals surface area contributed by atoms with Gasteiger partial charge in [-0.3, -0.25) is 14.4 Å². The van der Waals surface area contributed by atoms with Crippen LogP contribution in [0.1, 0.15) is 162 Å². The van der Waals surface area contributed by atoms with E-state index in [0.717, 1.165) is 38.5 Å². The monoisotopic (exact) mass is 630 g/mol. The van der Waals surface area contributed by atoms with E-state index < -0.39 is 18.7 Å². The summed E-state index contributed by atoms with van der Waals surface area (Å²) in [6, 6.07) is 0. The van der Waals surface area contributed by atoms with Crippen LogP contribution in [0.25, 0.3) is 0 Å². The summed E-state index contributed by atoms with van der Waals surface area (Å²) in [5.74, 6) is -0.904. The van der Waals surface area contributed by atoms with Gasteiger partial charge < -0.3 is 14.6 Å². The molecule has 0 aromatic carbocycles. The average molecular weight is 631 g/mol. The van der Waals surface area contributed by atoms with Crippen molar-refractivity contribution in [3.8, 4) is 0 Å². The molecule has 0 rings (SSSR count). The van der Waals surface area contributed by atoms with E-state index in [9.17, 15) is 19.5 Å². The van der Waals surface area contributed by atoms with Gasteiger partial charge in [-0.05, 0) is 44.6 Å². The van der Waals surface area contributed by atoms with Crippen molar-refractivity contribution in [2.24, 2.45) is 0 Å². The number of aliphatic hydroxyl groups is 1. The number of esters is 2. The van der Waals surface area contributed by atoms with Gasteiger partial charge in [-0.1, -0.05) is 146 Å². The standard InChI is InChI=1S/C39H66O6/c1-3-5-7-9-11-13-15-17-19-21-23-25-27-30-36(41)31-29-33-39(43)45-37(34-40)35-44-38(42)32-28-26-24-22-20-18-16-14-12-10-8-6-4-2/h11,13,17,19,23,25,27,30,37,40H,3-10,12,14-16,18,20-22,24,26,28-29,31-35H2,1-2H3/b13-11-,19-17-,25-23-,30-27+/t37-/m0/s1. The highest BCUT2D eigenvalue weighted by Gasteiger charge is 2.16. The van der Waals surface area contributed by atoms with Crippen molar-refractivity contribution in [1.82, 2.24) is 0 Å². The van der Waals surface area contributed by atoms with Crippen LogP contribution in [0.3, 0.4) is 0 Å². The zero-order valence-corrected chi connectivity index (χ0v) is 28.9. The molecule has 0 heterocycles. The molecule has 0 aliphatic rings. The second-order valence-electron chi connectivity index (χ2n) is 12.0. The second kappa shape index (κ2) is 34.4. The van der Waals surface area contributed by atoms with Crippen molar-refractivity contribution in [3.63, 3.8) is 0 Å². The predicted octanol–water partition coefficient (Wildman–Crippen LogP) is 10.2. The summed E-state index contributed by atoms with van der Waals surface area (Å²) in [7, 11) is 0. The predicted molar refractivity (Wildman–Crippen MR) is 187 cm³/mol. The molecule has 6 nitrogen and oxygen atoms in total. The van der Waals surface area contributed by atoms with Gasteiger partial charge in [0.15, 0.2) is 11.9 Å². The molecule has 0 aliphatic carbocycles. The smallest absolute Gasteiger partial charge is 0.306 e. The summed E-state index contributed by atoms with van der Waals surface area (Å²) in [6.07, 6.45) is 38.8. The number of aliphatic hydroxyl groups excluding tert-OH is 1. The van der Waals surface area contributed by atoms with Gasteiger partial charge in [0, 0.05) is 19.3 Å². The number of rotatable bonds is 32. The van der Waals surface area contributed by atoms with Crippen LogP contribution in [0.5, 0.6) is 0 Å². The number of unbranched alkanes of at least 4 members (excludes halogenated alkanes) is 15. The first kappa shape index (κ1) is 42.5. The van der Waals surface area contributed by atoms with Crippen LogP contribution in [0.2, 0.25) is 0 Å². The summed E-state index contributed by atoms with van der Waals surface area (Å²) in [5.41, 5.74) is 0. The Morgan fingerprint density at radius 1 is 0.578 bits per heavy atom. The number of carbonyl (C=O) groups is 3. The number of ether oxygens (including phenoxy) is 2. The molecule has 0 saturated carbocycles. The molecule has 0 aromatic rings. The maximum absolute atomic E-state index is 12.1. The van der Waals surface area contributed by atoms with E-state index in [2.05, 4.69) is 38.2 Å². The highest BCUT2D eigenvalue weighted by Crippen LogP contribution is 2.13. The van der Waals surface area contributed by atoms with Gasteiger partial charge in [0.2, 0.25) is 0 Å². The lowest BCUT2D eigenvalue weighted by Gasteiger charge is -2.15. The summed E-state index contributed by atoms with van der Waals surface area (Å²) in [6.45, 7) is 3.89. The van der Waals surface area contributed by atoms with E-state index in [4.69, 9.17) is 9.47 Å². The SMILES string of the molecule is CCCCC/C=C\C/C=C\C/C=C\C=C\C(=O)CCCC(=O)O[C@@H](CO)COC(=O)CCCCCCCCCCCCCCC. The molecule has 6 heteroatoms. The fraction of sp³-hybridized carbons (Fsp3) is 0.718. The molecule has 0 aliphatic heterocycles. The van der Waals surface area contributed by atoms with Crippen molar-refractivity contribution in [3.05, 3.63) is 48.6 Å².